The maximum atomic E-state index is 13.6. The van der Waals surface area contributed by atoms with Crippen molar-refractivity contribution in [3.8, 4) is 5.88 Å². The molecule has 110 valence electrons. The van der Waals surface area contributed by atoms with Crippen LogP contribution in [0.5, 0.6) is 5.88 Å². The maximum Gasteiger partial charge on any atom is 0.244 e. The molecule has 0 saturated carbocycles. The van der Waals surface area contributed by atoms with Crippen LogP contribution in [0.15, 0.2) is 34.0 Å². The number of aromatic nitrogens is 2. The van der Waals surface area contributed by atoms with Crippen LogP contribution in [-0.4, -0.2) is 22.8 Å². The molecule has 0 aliphatic heterocycles. The zero-order chi connectivity index (χ0) is 15.4. The van der Waals surface area contributed by atoms with E-state index in [-0.39, 0.29) is 18.2 Å². The van der Waals surface area contributed by atoms with Crippen molar-refractivity contribution in [1.29, 1.82) is 0 Å². The number of halogens is 2. The predicted octanol–water partition coefficient (Wildman–Crippen LogP) is 2.86. The lowest BCUT2D eigenvalue weighted by Gasteiger charge is -2.19. The highest BCUT2D eigenvalue weighted by atomic mass is 79.9. The molecule has 2 aromatic rings. The Morgan fingerprint density at radius 1 is 1.62 bits per heavy atom. The Bertz CT molecular complexity index is 660. The van der Waals surface area contributed by atoms with Gasteiger partial charge in [-0.2, -0.15) is 10.2 Å². The fourth-order valence-corrected chi connectivity index (χ4v) is 2.28. The second-order valence-corrected chi connectivity index (χ2v) is 4.92. The second-order valence-electron chi connectivity index (χ2n) is 4.07. The van der Waals surface area contributed by atoms with Gasteiger partial charge in [-0.15, -0.1) is 0 Å². The number of aromatic amines is 1. The molecule has 1 heterocycles. The number of hydrazone groups is 1. The predicted molar refractivity (Wildman–Crippen MR) is 79.7 cm³/mol. The Balaban J connectivity index is 2.38. The summed E-state index contributed by atoms with van der Waals surface area (Å²) < 4.78 is 19.6. The van der Waals surface area contributed by atoms with Gasteiger partial charge in [-0.25, -0.2) is 14.5 Å². The lowest BCUT2D eigenvalue weighted by Crippen LogP contribution is -2.23. The fourth-order valence-electron chi connectivity index (χ4n) is 1.74. The summed E-state index contributed by atoms with van der Waals surface area (Å²) in [5, 5.41) is 11.0. The minimum atomic E-state index is -0.503. The summed E-state index contributed by atoms with van der Waals surface area (Å²) in [6.45, 7) is 4.74. The highest BCUT2D eigenvalue weighted by Gasteiger charge is 2.19. The van der Waals surface area contributed by atoms with Crippen LogP contribution in [0.2, 0.25) is 0 Å². The highest BCUT2D eigenvalue weighted by Crippen LogP contribution is 2.31. The van der Waals surface area contributed by atoms with Crippen LogP contribution in [-0.2, 0) is 11.4 Å². The normalized spacial score (nSPS) is 10.2. The van der Waals surface area contributed by atoms with E-state index in [1.807, 2.05) is 0 Å². The molecule has 0 unspecified atom stereocenters. The number of rotatable bonds is 5. The van der Waals surface area contributed by atoms with Crippen molar-refractivity contribution in [3.63, 3.8) is 0 Å². The van der Waals surface area contributed by atoms with E-state index in [0.29, 0.717) is 15.9 Å². The summed E-state index contributed by atoms with van der Waals surface area (Å²) in [7, 11) is 0. The minimum Gasteiger partial charge on any atom is -0.473 e. The number of H-pyrrole nitrogens is 1. The summed E-state index contributed by atoms with van der Waals surface area (Å²) in [6, 6.07) is 4.13. The van der Waals surface area contributed by atoms with Crippen molar-refractivity contribution in [2.45, 2.75) is 13.5 Å². The summed E-state index contributed by atoms with van der Waals surface area (Å²) >= 11 is 3.26. The second kappa shape index (κ2) is 6.49. The van der Waals surface area contributed by atoms with Crippen molar-refractivity contribution in [2.75, 3.05) is 5.01 Å². The van der Waals surface area contributed by atoms with Gasteiger partial charge < -0.3 is 4.74 Å². The first-order chi connectivity index (χ1) is 10.0. The highest BCUT2D eigenvalue weighted by molar-refractivity contribution is 9.10. The number of anilines is 1. The molecule has 0 fully saturated rings. The topological polar surface area (TPSA) is 70.6 Å². The summed E-state index contributed by atoms with van der Waals surface area (Å²) in [5.41, 5.74) is 0.831. The summed E-state index contributed by atoms with van der Waals surface area (Å²) in [6.07, 6.45) is 1.54. The smallest absolute Gasteiger partial charge is 0.244 e. The molecule has 1 aromatic carbocycles. The lowest BCUT2D eigenvalue weighted by molar-refractivity contribution is -0.116. The molecule has 0 bridgehead atoms. The van der Waals surface area contributed by atoms with E-state index >= 15 is 0 Å². The van der Waals surface area contributed by atoms with Crippen LogP contribution in [0.1, 0.15) is 12.5 Å². The molecular formula is C13H12BrFN4O2. The van der Waals surface area contributed by atoms with Crippen molar-refractivity contribution in [2.24, 2.45) is 5.10 Å². The Morgan fingerprint density at radius 2 is 2.38 bits per heavy atom. The van der Waals surface area contributed by atoms with Crippen LogP contribution < -0.4 is 9.75 Å². The number of benzene rings is 1. The summed E-state index contributed by atoms with van der Waals surface area (Å²) in [4.78, 5) is 11.6. The van der Waals surface area contributed by atoms with E-state index < -0.39 is 5.82 Å². The van der Waals surface area contributed by atoms with Gasteiger partial charge in [0.15, 0.2) is 0 Å². The SMILES string of the molecule is C=NN(C(C)=O)c1cc(F)cc(Br)c1COc1ccn[nH]1. The largest absolute Gasteiger partial charge is 0.473 e. The molecule has 0 saturated heterocycles. The van der Waals surface area contributed by atoms with E-state index in [0.717, 1.165) is 5.01 Å². The first-order valence-corrected chi connectivity index (χ1v) is 6.69. The first-order valence-electron chi connectivity index (χ1n) is 5.90. The monoisotopic (exact) mass is 354 g/mol. The van der Waals surface area contributed by atoms with Gasteiger partial charge in [-0.3, -0.25) is 4.79 Å². The van der Waals surface area contributed by atoms with E-state index in [9.17, 15) is 9.18 Å². The molecule has 6 nitrogen and oxygen atoms in total. The van der Waals surface area contributed by atoms with Gasteiger partial charge >= 0.3 is 0 Å². The molecule has 0 atom stereocenters. The number of hydrogen-bond donors (Lipinski definition) is 1. The van der Waals surface area contributed by atoms with Crippen molar-refractivity contribution < 1.29 is 13.9 Å². The van der Waals surface area contributed by atoms with Crippen LogP contribution in [0, 0.1) is 5.82 Å². The zero-order valence-corrected chi connectivity index (χ0v) is 12.7. The van der Waals surface area contributed by atoms with Crippen LogP contribution in [0.3, 0.4) is 0 Å². The number of nitrogens with one attached hydrogen (secondary N) is 1. The molecular weight excluding hydrogens is 343 g/mol. The van der Waals surface area contributed by atoms with Crippen molar-refractivity contribution >= 4 is 34.2 Å². The number of carbonyl (C=O) groups is 1. The lowest BCUT2D eigenvalue weighted by atomic mass is 10.1. The number of nitrogens with zero attached hydrogens (tertiary/aromatic N) is 3. The van der Waals surface area contributed by atoms with E-state index in [4.69, 9.17) is 4.74 Å². The van der Waals surface area contributed by atoms with E-state index in [1.54, 1.807) is 12.3 Å². The number of carbonyl (C=O) groups excluding carboxylic acids is 1. The van der Waals surface area contributed by atoms with E-state index in [2.05, 4.69) is 37.9 Å². The third-order valence-corrected chi connectivity index (χ3v) is 3.36. The third-order valence-electron chi connectivity index (χ3n) is 2.65. The standard InChI is InChI=1S/C13H12BrFN4O2/c1-8(20)19(16-2)12-6-9(15)5-11(14)10(12)7-21-13-3-4-17-18-13/h3-6H,2,7H2,1H3,(H,17,18). The zero-order valence-electron chi connectivity index (χ0n) is 11.1. The van der Waals surface area contributed by atoms with Gasteiger partial charge in [0, 0.05) is 35.8 Å². The first kappa shape index (κ1) is 15.2. The van der Waals surface area contributed by atoms with Gasteiger partial charge in [-0.05, 0) is 6.07 Å². The average molecular weight is 355 g/mol. The molecule has 0 radical (unpaired) electrons. The van der Waals surface area contributed by atoms with Crippen molar-refractivity contribution in [1.82, 2.24) is 10.2 Å². The Morgan fingerprint density at radius 3 is 2.95 bits per heavy atom. The molecule has 8 heteroatoms. The molecule has 0 spiro atoms. The Kier molecular flexibility index (Phi) is 4.69. The minimum absolute atomic E-state index is 0.0949. The van der Waals surface area contributed by atoms with Crippen molar-refractivity contribution in [3.05, 3.63) is 40.2 Å². The van der Waals surface area contributed by atoms with Gasteiger partial charge in [0.2, 0.25) is 11.8 Å². The molecule has 21 heavy (non-hydrogen) atoms. The van der Waals surface area contributed by atoms with Gasteiger partial charge in [0.1, 0.15) is 12.4 Å². The molecule has 2 rings (SSSR count). The van der Waals surface area contributed by atoms with Crippen LogP contribution in [0.25, 0.3) is 0 Å². The number of ether oxygens (including phenoxy) is 1. The van der Waals surface area contributed by atoms with Crippen LogP contribution >= 0.6 is 15.9 Å². The fraction of sp³-hybridized carbons (Fsp3) is 0.154. The molecule has 0 aliphatic carbocycles. The molecule has 1 N–H and O–H groups in total. The van der Waals surface area contributed by atoms with Gasteiger partial charge in [0.25, 0.3) is 0 Å². The molecule has 1 aromatic heterocycles. The third kappa shape index (κ3) is 3.46. The van der Waals surface area contributed by atoms with Gasteiger partial charge in [0.05, 0.1) is 11.9 Å². The maximum absolute atomic E-state index is 13.6. The number of amides is 1. The Labute approximate surface area is 128 Å². The molecule has 0 aliphatic rings. The number of hydrogen-bond acceptors (Lipinski definition) is 4. The van der Waals surface area contributed by atoms with Crippen LogP contribution in [0.4, 0.5) is 10.1 Å². The molecule has 1 amide bonds. The Hall–Kier alpha value is -2.22. The average Bonchev–Trinajstić information content (AvgIpc) is 2.91. The van der Waals surface area contributed by atoms with E-state index in [1.165, 1.54) is 19.1 Å². The summed E-state index contributed by atoms with van der Waals surface area (Å²) in [5.74, 6) is -0.430. The quantitative estimate of drug-likeness (QED) is 0.662. The van der Waals surface area contributed by atoms with Gasteiger partial charge in [-0.1, -0.05) is 15.9 Å².